The van der Waals surface area contributed by atoms with Crippen LogP contribution in [0.3, 0.4) is 0 Å². The van der Waals surface area contributed by atoms with E-state index in [1.54, 1.807) is 4.90 Å². The van der Waals surface area contributed by atoms with Crippen molar-refractivity contribution in [2.24, 2.45) is 5.41 Å². The number of benzene rings is 2. The molecule has 0 bridgehead atoms. The molecule has 0 aliphatic heterocycles. The summed E-state index contributed by atoms with van der Waals surface area (Å²) >= 11 is 0. The second-order valence-electron chi connectivity index (χ2n) is 10.1. The second-order valence-corrected chi connectivity index (χ2v) is 10.1. The van der Waals surface area contributed by atoms with Crippen LogP contribution in [0.2, 0.25) is 0 Å². The molecule has 0 unspecified atom stereocenters. The van der Waals surface area contributed by atoms with Gasteiger partial charge >= 0.3 is 0 Å². The molecule has 180 valence electrons. The van der Waals surface area contributed by atoms with Gasteiger partial charge in [-0.3, -0.25) is 9.59 Å². The van der Waals surface area contributed by atoms with Crippen LogP contribution >= 0.6 is 0 Å². The van der Waals surface area contributed by atoms with E-state index in [1.807, 2.05) is 77.0 Å². The molecule has 33 heavy (non-hydrogen) atoms. The Hall–Kier alpha value is -2.93. The zero-order valence-electron chi connectivity index (χ0n) is 20.9. The minimum atomic E-state index is -0.375. The Bertz CT molecular complexity index is 950. The Kier molecular flexibility index (Phi) is 8.99. The third-order valence-corrected chi connectivity index (χ3v) is 5.09. The molecular formula is C26H37FN4O2. The highest BCUT2D eigenvalue weighted by Gasteiger charge is 2.20. The van der Waals surface area contributed by atoms with Crippen molar-refractivity contribution in [3.05, 3.63) is 59.4 Å². The molecule has 0 saturated carbocycles. The number of carbonyl (C=O) groups excluding carboxylic acids is 2. The number of anilines is 2. The molecule has 2 amide bonds. The number of likely N-dealkylation sites (N-methyl/N-ethyl adjacent to an activating group) is 1. The van der Waals surface area contributed by atoms with Gasteiger partial charge in [0.25, 0.3) is 5.91 Å². The Morgan fingerprint density at radius 2 is 1.58 bits per heavy atom. The lowest BCUT2D eigenvalue weighted by Crippen LogP contribution is -2.36. The van der Waals surface area contributed by atoms with Gasteiger partial charge in [-0.2, -0.15) is 0 Å². The first-order valence-corrected chi connectivity index (χ1v) is 11.2. The molecule has 2 aromatic carbocycles. The van der Waals surface area contributed by atoms with Gasteiger partial charge in [0.15, 0.2) is 0 Å². The molecule has 0 spiro atoms. The highest BCUT2D eigenvalue weighted by atomic mass is 19.1. The fourth-order valence-corrected chi connectivity index (χ4v) is 3.47. The lowest BCUT2D eigenvalue weighted by molar-refractivity contribution is -0.117. The van der Waals surface area contributed by atoms with Crippen LogP contribution in [-0.2, 0) is 11.3 Å². The van der Waals surface area contributed by atoms with Crippen LogP contribution in [0, 0.1) is 11.2 Å². The molecule has 0 aliphatic carbocycles. The molecule has 1 N–H and O–H groups in total. The highest BCUT2D eigenvalue weighted by molar-refractivity contribution is 5.94. The predicted octanol–water partition coefficient (Wildman–Crippen LogP) is 4.47. The van der Waals surface area contributed by atoms with E-state index in [9.17, 15) is 14.0 Å². The zero-order chi connectivity index (χ0) is 24.8. The molecular weight excluding hydrogens is 419 g/mol. The van der Waals surface area contributed by atoms with Crippen LogP contribution < -0.4 is 10.2 Å². The van der Waals surface area contributed by atoms with Crippen LogP contribution in [0.5, 0.6) is 0 Å². The van der Waals surface area contributed by atoms with Crippen LogP contribution in [0.1, 0.15) is 43.1 Å². The molecule has 0 fully saturated rings. The number of hydrogen-bond acceptors (Lipinski definition) is 4. The van der Waals surface area contributed by atoms with Crippen LogP contribution in [0.15, 0.2) is 42.5 Å². The molecule has 0 radical (unpaired) electrons. The monoisotopic (exact) mass is 456 g/mol. The molecule has 0 aliphatic rings. The van der Waals surface area contributed by atoms with Crippen molar-refractivity contribution in [1.82, 2.24) is 9.80 Å². The average Bonchev–Trinajstić information content (AvgIpc) is 2.69. The number of rotatable bonds is 9. The van der Waals surface area contributed by atoms with Crippen LogP contribution in [-0.4, -0.2) is 62.9 Å². The van der Waals surface area contributed by atoms with Gasteiger partial charge in [-0.1, -0.05) is 20.8 Å². The molecule has 0 heterocycles. The fourth-order valence-electron chi connectivity index (χ4n) is 3.47. The largest absolute Gasteiger partial charge is 0.377 e. The Morgan fingerprint density at radius 3 is 2.12 bits per heavy atom. The lowest BCUT2D eigenvalue weighted by Gasteiger charge is -2.27. The highest BCUT2D eigenvalue weighted by Crippen LogP contribution is 2.26. The summed E-state index contributed by atoms with van der Waals surface area (Å²) in [6, 6.07) is 11.4. The summed E-state index contributed by atoms with van der Waals surface area (Å²) in [5.74, 6) is -0.582. The van der Waals surface area contributed by atoms with Gasteiger partial charge in [0.1, 0.15) is 5.82 Å². The Balaban J connectivity index is 2.34. The first-order chi connectivity index (χ1) is 15.4. The number of nitrogens with one attached hydrogen (secondary N) is 1. The van der Waals surface area contributed by atoms with Crippen molar-refractivity contribution in [3.63, 3.8) is 0 Å². The van der Waals surface area contributed by atoms with Crippen molar-refractivity contribution in [2.45, 2.75) is 33.7 Å². The first-order valence-electron chi connectivity index (χ1n) is 11.2. The van der Waals surface area contributed by atoms with Crippen molar-refractivity contribution in [2.75, 3.05) is 51.5 Å². The summed E-state index contributed by atoms with van der Waals surface area (Å²) in [4.78, 5) is 31.5. The summed E-state index contributed by atoms with van der Waals surface area (Å²) in [5, 5.41) is 2.98. The maximum atomic E-state index is 13.4. The third-order valence-electron chi connectivity index (χ3n) is 5.09. The smallest absolute Gasteiger partial charge is 0.254 e. The van der Waals surface area contributed by atoms with Gasteiger partial charge in [-0.15, -0.1) is 0 Å². The van der Waals surface area contributed by atoms with E-state index in [0.29, 0.717) is 37.3 Å². The lowest BCUT2D eigenvalue weighted by atomic mass is 9.92. The SMILES string of the molecule is CN(C)CCN(Cc1cc(NC(=O)CC(C)(C)C)ccc1N(C)C)C(=O)c1ccc(F)cc1. The van der Waals surface area contributed by atoms with E-state index in [0.717, 1.165) is 11.3 Å². The van der Waals surface area contributed by atoms with E-state index >= 15 is 0 Å². The summed E-state index contributed by atoms with van der Waals surface area (Å²) in [7, 11) is 7.81. The van der Waals surface area contributed by atoms with E-state index in [4.69, 9.17) is 0 Å². The van der Waals surface area contributed by atoms with Crippen molar-refractivity contribution < 1.29 is 14.0 Å². The van der Waals surface area contributed by atoms with Gasteiger partial charge < -0.3 is 20.0 Å². The quantitative estimate of drug-likeness (QED) is 0.605. The van der Waals surface area contributed by atoms with Gasteiger partial charge in [-0.25, -0.2) is 4.39 Å². The molecule has 2 rings (SSSR count). The maximum absolute atomic E-state index is 13.4. The number of amides is 2. The summed E-state index contributed by atoms with van der Waals surface area (Å²) < 4.78 is 13.4. The average molecular weight is 457 g/mol. The van der Waals surface area contributed by atoms with Gasteiger partial charge in [0.05, 0.1) is 0 Å². The topological polar surface area (TPSA) is 55.9 Å². The standard InChI is InChI=1S/C26H37FN4O2/c1-26(2,3)17-24(32)28-22-12-13-23(30(6)7)20(16-22)18-31(15-14-29(4)5)25(33)19-8-10-21(27)11-9-19/h8-13,16H,14-15,17-18H2,1-7H3,(H,28,32). The normalized spacial score (nSPS) is 11.4. The molecule has 0 aromatic heterocycles. The molecule has 0 saturated heterocycles. The summed E-state index contributed by atoms with van der Waals surface area (Å²) in [6.07, 6.45) is 0.412. The number of carbonyl (C=O) groups is 2. The molecule has 6 nitrogen and oxygen atoms in total. The van der Waals surface area contributed by atoms with Crippen molar-refractivity contribution in [3.8, 4) is 0 Å². The van der Waals surface area contributed by atoms with Crippen LogP contribution in [0.4, 0.5) is 15.8 Å². The molecule has 7 heteroatoms. The van der Waals surface area contributed by atoms with E-state index in [1.165, 1.54) is 24.3 Å². The Labute approximate surface area is 197 Å². The first kappa shape index (κ1) is 26.3. The fraction of sp³-hybridized carbons (Fsp3) is 0.462. The minimum absolute atomic E-state index is 0.0436. The number of hydrogen-bond donors (Lipinski definition) is 1. The van der Waals surface area contributed by atoms with E-state index < -0.39 is 0 Å². The van der Waals surface area contributed by atoms with Gasteiger partial charge in [-0.05, 0) is 67.5 Å². The number of nitrogens with zero attached hydrogens (tertiary/aromatic N) is 3. The third kappa shape index (κ3) is 8.50. The van der Waals surface area contributed by atoms with E-state index in [2.05, 4.69) is 5.32 Å². The van der Waals surface area contributed by atoms with Crippen molar-refractivity contribution in [1.29, 1.82) is 0 Å². The van der Waals surface area contributed by atoms with Gasteiger partial charge in [0, 0.05) is 57.1 Å². The number of halogens is 1. The predicted molar refractivity (Wildman–Crippen MR) is 133 cm³/mol. The van der Waals surface area contributed by atoms with Gasteiger partial charge in [0.2, 0.25) is 5.91 Å². The Morgan fingerprint density at radius 1 is 0.939 bits per heavy atom. The minimum Gasteiger partial charge on any atom is -0.377 e. The summed E-state index contributed by atoms with van der Waals surface area (Å²) in [5.41, 5.74) is 2.91. The maximum Gasteiger partial charge on any atom is 0.254 e. The molecule has 0 atom stereocenters. The molecule has 2 aromatic rings. The van der Waals surface area contributed by atoms with Crippen LogP contribution in [0.25, 0.3) is 0 Å². The second kappa shape index (κ2) is 11.3. The summed E-state index contributed by atoms with van der Waals surface area (Å²) in [6.45, 7) is 7.63. The zero-order valence-corrected chi connectivity index (χ0v) is 20.9. The van der Waals surface area contributed by atoms with E-state index in [-0.39, 0.29) is 23.0 Å². The van der Waals surface area contributed by atoms with Crippen molar-refractivity contribution >= 4 is 23.2 Å².